The first kappa shape index (κ1) is 31.1. The van der Waals surface area contributed by atoms with Crippen molar-refractivity contribution >= 4 is 10.4 Å². The molecule has 1 N–H and O–H groups in total. The molecule has 1 aromatic rings. The van der Waals surface area contributed by atoms with Crippen LogP contribution in [0.15, 0.2) is 12.4 Å². The molecule has 0 radical (unpaired) electrons. The van der Waals surface area contributed by atoms with Gasteiger partial charge in [0.2, 0.25) is 10.4 Å². The molecule has 0 saturated heterocycles. The second kappa shape index (κ2) is 20.7. The van der Waals surface area contributed by atoms with Gasteiger partial charge in [0.05, 0.1) is 13.2 Å². The third kappa shape index (κ3) is 21.0. The summed E-state index contributed by atoms with van der Waals surface area (Å²) in [4.78, 5) is 3.32. The van der Waals surface area contributed by atoms with Crippen LogP contribution < -0.4 is 4.57 Å². The van der Waals surface area contributed by atoms with Gasteiger partial charge in [0.15, 0.2) is 0 Å². The third-order valence-electron chi connectivity index (χ3n) is 5.63. The van der Waals surface area contributed by atoms with Gasteiger partial charge < -0.3 is 4.55 Å². The van der Waals surface area contributed by atoms with Crippen molar-refractivity contribution < 1.29 is 21.7 Å². The van der Waals surface area contributed by atoms with E-state index in [1.54, 1.807) is 0 Å². The van der Waals surface area contributed by atoms with Crippen molar-refractivity contribution in [3.05, 3.63) is 18.2 Å². The van der Waals surface area contributed by atoms with E-state index in [-0.39, 0.29) is 6.61 Å². The Morgan fingerprint density at radius 2 is 1.34 bits per heavy atom. The maximum Gasteiger partial charge on any atom is 0.253 e. The van der Waals surface area contributed by atoms with Crippen LogP contribution in [-0.2, 0) is 27.5 Å². The lowest BCUT2D eigenvalue weighted by atomic mass is 10.0. The fourth-order valence-corrected chi connectivity index (χ4v) is 4.12. The molecule has 0 aromatic carbocycles. The van der Waals surface area contributed by atoms with Gasteiger partial charge in [0.25, 0.3) is 5.82 Å². The van der Waals surface area contributed by atoms with Gasteiger partial charge in [-0.05, 0) is 25.7 Å². The van der Waals surface area contributed by atoms with Gasteiger partial charge in [-0.1, -0.05) is 97.8 Å². The zero-order valence-electron chi connectivity index (χ0n) is 21.2. The average Bonchev–Trinajstić information content (AvgIpc) is 3.17. The molecule has 0 aliphatic heterocycles. The molecule has 0 bridgehead atoms. The predicted molar refractivity (Wildman–Crippen MR) is 131 cm³/mol. The van der Waals surface area contributed by atoms with E-state index in [4.69, 9.17) is 0 Å². The van der Waals surface area contributed by atoms with Gasteiger partial charge in [-0.15, -0.1) is 0 Å². The molecule has 0 aliphatic carbocycles. The number of hydrogen-bond donors (Lipinski definition) is 1. The quantitative estimate of drug-likeness (QED) is 0.108. The van der Waals surface area contributed by atoms with Gasteiger partial charge in [-0.2, -0.15) is 0 Å². The van der Waals surface area contributed by atoms with Crippen LogP contribution in [0.4, 0.5) is 0 Å². The van der Waals surface area contributed by atoms with Gasteiger partial charge in [0, 0.05) is 6.42 Å². The van der Waals surface area contributed by atoms with Crippen molar-refractivity contribution in [2.45, 2.75) is 131 Å². The minimum atomic E-state index is -4.42. The number of imidazole rings is 1. The van der Waals surface area contributed by atoms with E-state index < -0.39 is 10.4 Å². The van der Waals surface area contributed by atoms with Crippen molar-refractivity contribution in [2.75, 3.05) is 6.61 Å². The van der Waals surface area contributed by atoms with Crippen LogP contribution >= 0.6 is 0 Å². The number of aromatic nitrogens is 2. The number of H-pyrrole nitrogens is 1. The van der Waals surface area contributed by atoms with Gasteiger partial charge in [0.1, 0.15) is 12.4 Å². The molecule has 0 saturated carbocycles. The minimum absolute atomic E-state index is 0.0914. The van der Waals surface area contributed by atoms with Crippen molar-refractivity contribution in [1.29, 1.82) is 0 Å². The first-order valence-corrected chi connectivity index (χ1v) is 14.3. The lowest BCUT2D eigenvalue weighted by Gasteiger charge is -2.05. The van der Waals surface area contributed by atoms with Crippen LogP contribution in [0, 0.1) is 5.92 Å². The molecule has 190 valence electrons. The molecular weight excluding hydrogens is 424 g/mol. The SMILES string of the molecule is CCOS(=O)(=O)[O-].CCc1[nH]cc[n+]1CCCCCCCCCCCCCCCC(C)C. The summed E-state index contributed by atoms with van der Waals surface area (Å²) in [7, 11) is -4.42. The zero-order chi connectivity index (χ0) is 24.1. The van der Waals surface area contributed by atoms with Crippen LogP contribution in [0.3, 0.4) is 0 Å². The van der Waals surface area contributed by atoms with Gasteiger partial charge in [-0.25, -0.2) is 18.0 Å². The Morgan fingerprint density at radius 1 is 0.875 bits per heavy atom. The molecule has 1 aromatic heterocycles. The fraction of sp³-hybridized carbons (Fsp3) is 0.880. The first-order chi connectivity index (χ1) is 15.3. The maximum absolute atomic E-state index is 9.45. The monoisotopic (exact) mass is 474 g/mol. The number of aromatic amines is 1. The number of unbranched alkanes of at least 4 members (excludes halogenated alkanes) is 12. The van der Waals surface area contributed by atoms with Gasteiger partial charge >= 0.3 is 0 Å². The molecule has 0 unspecified atom stereocenters. The highest BCUT2D eigenvalue weighted by molar-refractivity contribution is 7.80. The van der Waals surface area contributed by atoms with Crippen LogP contribution in [0.2, 0.25) is 0 Å². The van der Waals surface area contributed by atoms with Crippen molar-refractivity contribution in [2.24, 2.45) is 5.92 Å². The van der Waals surface area contributed by atoms with E-state index in [9.17, 15) is 13.0 Å². The Balaban J connectivity index is 0.00000118. The lowest BCUT2D eigenvalue weighted by molar-refractivity contribution is -0.703. The second-order valence-corrected chi connectivity index (χ2v) is 10.1. The van der Waals surface area contributed by atoms with Crippen LogP contribution in [0.1, 0.15) is 123 Å². The fourth-order valence-electron chi connectivity index (χ4n) is 3.83. The molecule has 0 atom stereocenters. The van der Waals surface area contributed by atoms with E-state index in [2.05, 4.69) is 46.9 Å². The Morgan fingerprint density at radius 3 is 1.72 bits per heavy atom. The van der Waals surface area contributed by atoms with E-state index >= 15 is 0 Å². The van der Waals surface area contributed by atoms with Crippen molar-refractivity contribution in [3.8, 4) is 0 Å². The number of aryl methyl sites for hydroxylation is 2. The van der Waals surface area contributed by atoms with Crippen molar-refractivity contribution in [1.82, 2.24) is 4.98 Å². The predicted octanol–water partition coefficient (Wildman–Crippen LogP) is 6.47. The van der Waals surface area contributed by atoms with Crippen LogP contribution in [-0.4, -0.2) is 24.6 Å². The molecule has 0 aliphatic rings. The Bertz CT molecular complexity index is 630. The maximum atomic E-state index is 9.45. The van der Waals surface area contributed by atoms with E-state index in [0.717, 1.165) is 12.3 Å². The van der Waals surface area contributed by atoms with Gasteiger partial charge in [-0.3, -0.25) is 4.18 Å². The number of nitrogens with zero attached hydrogens (tertiary/aromatic N) is 1. The molecule has 6 nitrogen and oxygen atoms in total. The Hall–Kier alpha value is -0.920. The normalized spacial score (nSPS) is 11.6. The standard InChI is InChI=1S/C23H44N2.C2H6O4S/c1-4-23-24-19-21-25(23)20-17-15-13-11-9-7-5-6-8-10-12-14-16-18-22(2)3;1-2-6-7(3,4)5/h19,21-22H,4-18,20H2,1-3H3;2H2,1H3,(H,3,4,5). The molecular formula is C25H50N2O4S. The van der Waals surface area contributed by atoms with Crippen LogP contribution in [0.5, 0.6) is 0 Å². The zero-order valence-corrected chi connectivity index (χ0v) is 22.1. The number of hydrogen-bond acceptors (Lipinski definition) is 4. The summed E-state index contributed by atoms with van der Waals surface area (Å²) in [5.41, 5.74) is 0. The molecule has 1 heterocycles. The average molecular weight is 475 g/mol. The highest BCUT2D eigenvalue weighted by Crippen LogP contribution is 2.14. The lowest BCUT2D eigenvalue weighted by Crippen LogP contribution is -2.35. The highest BCUT2D eigenvalue weighted by atomic mass is 32.3. The summed E-state index contributed by atoms with van der Waals surface area (Å²) in [6, 6.07) is 0. The molecule has 0 amide bonds. The van der Waals surface area contributed by atoms with E-state index in [1.165, 1.54) is 109 Å². The molecule has 7 heteroatoms. The first-order valence-electron chi connectivity index (χ1n) is 13.0. The largest absolute Gasteiger partial charge is 0.726 e. The van der Waals surface area contributed by atoms with Crippen LogP contribution in [0.25, 0.3) is 0 Å². The van der Waals surface area contributed by atoms with E-state index in [1.807, 2.05) is 0 Å². The Labute approximate surface area is 198 Å². The molecule has 0 spiro atoms. The summed E-state index contributed by atoms with van der Waals surface area (Å²) >= 11 is 0. The highest BCUT2D eigenvalue weighted by Gasteiger charge is 2.06. The summed E-state index contributed by atoms with van der Waals surface area (Å²) < 4.78 is 34.4. The Kier molecular flexibility index (Phi) is 20.1. The van der Waals surface area contributed by atoms with Crippen molar-refractivity contribution in [3.63, 3.8) is 0 Å². The summed E-state index contributed by atoms with van der Waals surface area (Å²) in [5.74, 6) is 2.25. The number of nitrogens with one attached hydrogen (secondary N) is 1. The molecule has 0 fully saturated rings. The van der Waals surface area contributed by atoms with E-state index in [0.29, 0.717) is 0 Å². The smallest absolute Gasteiger partial charge is 0.253 e. The summed E-state index contributed by atoms with van der Waals surface area (Å²) in [6.07, 6.45) is 25.5. The molecule has 32 heavy (non-hydrogen) atoms. The molecule has 1 rings (SSSR count). The summed E-state index contributed by atoms with van der Waals surface area (Å²) in [5, 5.41) is 0. The third-order valence-corrected chi connectivity index (χ3v) is 6.15. The number of rotatable bonds is 19. The minimum Gasteiger partial charge on any atom is -0.726 e. The topological polar surface area (TPSA) is 86.1 Å². The second-order valence-electron chi connectivity index (χ2n) is 9.05. The summed E-state index contributed by atoms with van der Waals surface area (Å²) in [6.45, 7) is 9.41.